The predicted octanol–water partition coefficient (Wildman–Crippen LogP) is 9.71. The number of hydrogen-bond donors (Lipinski definition) is 3. The Bertz CT molecular complexity index is 3170. The molecule has 6 aromatic rings. The van der Waals surface area contributed by atoms with Crippen LogP contribution in [0.2, 0.25) is 5.02 Å². The van der Waals surface area contributed by atoms with Gasteiger partial charge < -0.3 is 29.9 Å². The molecule has 1 aliphatic rings. The number of halogens is 4. The standard InChI is InChI=1S/C54H59ClF3N7O5S3/c1-38-50(53(66)59-28-10-29-65-33-31-63(4)32-34-65)51(52(64(38)5)41-19-21-43(55)22-20-41)42-12-9-11-40(35-42)16-15-39-17-23-44(24-18-39)61-73(69,70)47-25-26-48(49(36-47)72(67,68)54(56,57)58)60-45(27-30-62(2)3)37-71-46-13-7-6-8-14-46/h6-9,11-14,17-26,35-36,45,60-61H,10,27-34,37H2,1-5H3,(H,59,66). The first-order chi connectivity index (χ1) is 34.7. The van der Waals surface area contributed by atoms with E-state index in [1.165, 1.54) is 23.9 Å². The number of anilines is 2. The summed E-state index contributed by atoms with van der Waals surface area (Å²) in [5, 5.41) is 6.74. The van der Waals surface area contributed by atoms with Gasteiger partial charge in [0.15, 0.2) is 0 Å². The Hall–Kier alpha value is -5.78. The number of nitrogens with zero attached hydrogens (tertiary/aromatic N) is 4. The van der Waals surface area contributed by atoms with Crippen molar-refractivity contribution in [2.45, 2.75) is 46.0 Å². The molecule has 19 heteroatoms. The summed E-state index contributed by atoms with van der Waals surface area (Å²) >= 11 is 7.75. The van der Waals surface area contributed by atoms with E-state index in [1.807, 2.05) is 116 Å². The van der Waals surface area contributed by atoms with E-state index in [9.17, 15) is 34.8 Å². The number of benzene rings is 5. The molecule has 12 nitrogen and oxygen atoms in total. The molecule has 0 radical (unpaired) electrons. The van der Waals surface area contributed by atoms with E-state index in [1.54, 1.807) is 12.1 Å². The molecule has 0 bridgehead atoms. The fraction of sp³-hybridized carbons (Fsp3) is 0.315. The van der Waals surface area contributed by atoms with Crippen LogP contribution in [-0.4, -0.2) is 126 Å². The fourth-order valence-corrected chi connectivity index (χ4v) is 11.6. The molecule has 1 fully saturated rings. The Morgan fingerprint density at radius 2 is 1.51 bits per heavy atom. The second kappa shape index (κ2) is 24.1. The molecule has 5 aromatic carbocycles. The molecule has 386 valence electrons. The predicted molar refractivity (Wildman–Crippen MR) is 288 cm³/mol. The van der Waals surface area contributed by atoms with Crippen LogP contribution in [0.3, 0.4) is 0 Å². The third kappa shape index (κ3) is 14.1. The Morgan fingerprint density at radius 1 is 0.822 bits per heavy atom. The summed E-state index contributed by atoms with van der Waals surface area (Å²) in [6, 6.07) is 32.6. The molecule has 0 saturated carbocycles. The second-order valence-electron chi connectivity index (χ2n) is 18.2. The van der Waals surface area contributed by atoms with Crippen molar-refractivity contribution in [3.8, 4) is 34.2 Å². The molecule has 1 unspecified atom stereocenters. The zero-order valence-electron chi connectivity index (χ0n) is 41.3. The van der Waals surface area contributed by atoms with Gasteiger partial charge in [0.05, 0.1) is 21.8 Å². The first-order valence-electron chi connectivity index (χ1n) is 23.6. The van der Waals surface area contributed by atoms with E-state index in [0.29, 0.717) is 53.0 Å². The van der Waals surface area contributed by atoms with Gasteiger partial charge in [-0.05, 0) is 144 Å². The average Bonchev–Trinajstić information content (AvgIpc) is 3.63. The van der Waals surface area contributed by atoms with Gasteiger partial charge in [0.2, 0.25) is 0 Å². The van der Waals surface area contributed by atoms with E-state index in [-0.39, 0.29) is 17.3 Å². The maximum absolute atomic E-state index is 14.2. The SMILES string of the molecule is Cc1c(C(=O)NCCCN2CCN(C)CC2)c(-c2cccc(C#Cc3ccc(NS(=O)(=O)c4ccc(NC(CCN(C)C)CSc5ccccc5)c(S(=O)(=O)C(F)(F)F)c4)cc3)c2)c(-c2ccc(Cl)cc2)n1C. The molecule has 1 saturated heterocycles. The van der Waals surface area contributed by atoms with Gasteiger partial charge in [-0.1, -0.05) is 65.9 Å². The molecule has 0 spiro atoms. The topological polar surface area (TPSA) is 136 Å². The minimum absolute atomic E-state index is 0.0657. The average molecular weight is 1070 g/mol. The number of carbonyl (C=O) groups is 1. The highest BCUT2D eigenvalue weighted by atomic mass is 35.5. The van der Waals surface area contributed by atoms with Crippen molar-refractivity contribution in [3.63, 3.8) is 0 Å². The minimum Gasteiger partial charge on any atom is -0.380 e. The number of nitrogens with one attached hydrogen (secondary N) is 3. The molecule has 2 heterocycles. The maximum Gasteiger partial charge on any atom is 0.501 e. The van der Waals surface area contributed by atoms with E-state index in [4.69, 9.17) is 11.6 Å². The Labute approximate surface area is 436 Å². The van der Waals surface area contributed by atoms with Crippen LogP contribution < -0.4 is 15.4 Å². The maximum atomic E-state index is 14.2. The highest BCUT2D eigenvalue weighted by Crippen LogP contribution is 2.40. The lowest BCUT2D eigenvalue weighted by Gasteiger charge is -2.32. The third-order valence-corrected chi connectivity index (χ3v) is 16.9. The lowest BCUT2D eigenvalue weighted by atomic mass is 9.95. The van der Waals surface area contributed by atoms with Crippen molar-refractivity contribution in [2.75, 3.05) is 82.7 Å². The molecular weight excluding hydrogens is 1020 g/mol. The van der Waals surface area contributed by atoms with Crippen LogP contribution in [-0.2, 0) is 26.9 Å². The van der Waals surface area contributed by atoms with Crippen LogP contribution in [0.15, 0.2) is 136 Å². The van der Waals surface area contributed by atoms with Gasteiger partial charge in [0.1, 0.15) is 4.90 Å². The zero-order valence-corrected chi connectivity index (χ0v) is 44.5. The highest BCUT2D eigenvalue weighted by Gasteiger charge is 2.48. The smallest absolute Gasteiger partial charge is 0.380 e. The van der Waals surface area contributed by atoms with E-state index in [2.05, 4.69) is 44.0 Å². The number of aromatic nitrogens is 1. The summed E-state index contributed by atoms with van der Waals surface area (Å²) in [6.45, 7) is 7.94. The van der Waals surface area contributed by atoms with E-state index in [0.717, 1.165) is 84.3 Å². The number of piperazine rings is 1. The quantitative estimate of drug-likeness (QED) is 0.0409. The summed E-state index contributed by atoms with van der Waals surface area (Å²) in [4.78, 5) is 19.8. The summed E-state index contributed by atoms with van der Waals surface area (Å²) in [5.74, 6) is 6.49. The molecule has 3 N–H and O–H groups in total. The van der Waals surface area contributed by atoms with Gasteiger partial charge >= 0.3 is 5.51 Å². The van der Waals surface area contributed by atoms with Gasteiger partial charge in [0.25, 0.3) is 25.8 Å². The van der Waals surface area contributed by atoms with Crippen molar-refractivity contribution < 1.29 is 34.8 Å². The van der Waals surface area contributed by atoms with Crippen LogP contribution in [0, 0.1) is 18.8 Å². The lowest BCUT2D eigenvalue weighted by molar-refractivity contribution is -0.0435. The van der Waals surface area contributed by atoms with Gasteiger partial charge in [-0.2, -0.15) is 13.2 Å². The highest BCUT2D eigenvalue weighted by molar-refractivity contribution is 7.99. The number of thioether (sulfide) groups is 1. The molecule has 1 aromatic heterocycles. The zero-order chi connectivity index (χ0) is 52.5. The number of amides is 1. The monoisotopic (exact) mass is 1070 g/mol. The van der Waals surface area contributed by atoms with E-state index >= 15 is 0 Å². The normalized spacial score (nSPS) is 14.1. The fourth-order valence-electron chi connectivity index (χ4n) is 8.38. The summed E-state index contributed by atoms with van der Waals surface area (Å²) in [6.07, 6.45) is 1.27. The number of alkyl halides is 3. The van der Waals surface area contributed by atoms with Gasteiger partial charge in [-0.25, -0.2) is 16.8 Å². The molecule has 1 amide bonds. The van der Waals surface area contributed by atoms with Crippen LogP contribution in [0.4, 0.5) is 24.5 Å². The number of likely N-dealkylation sites (N-methyl/N-ethyl adjacent to an activating group) is 1. The second-order valence-corrected chi connectivity index (χ2v) is 23.3. The minimum atomic E-state index is -6.01. The van der Waals surface area contributed by atoms with Gasteiger partial charge in [0, 0.05) is 89.6 Å². The van der Waals surface area contributed by atoms with Crippen LogP contribution in [0.5, 0.6) is 0 Å². The largest absolute Gasteiger partial charge is 0.501 e. The Balaban J connectivity index is 1.10. The first kappa shape index (κ1) is 55.0. The number of sulfonamides is 1. The summed E-state index contributed by atoms with van der Waals surface area (Å²) in [5.41, 5.74) is -0.268. The van der Waals surface area contributed by atoms with Crippen LogP contribution in [0.25, 0.3) is 22.4 Å². The van der Waals surface area contributed by atoms with Crippen LogP contribution in [0.1, 0.15) is 40.0 Å². The van der Waals surface area contributed by atoms with E-state index < -0.39 is 41.2 Å². The number of sulfone groups is 1. The van der Waals surface area contributed by atoms with Crippen molar-refractivity contribution in [1.82, 2.24) is 24.6 Å². The molecule has 0 aliphatic carbocycles. The summed E-state index contributed by atoms with van der Waals surface area (Å²) < 4.78 is 100. The van der Waals surface area contributed by atoms with Crippen molar-refractivity contribution in [1.29, 1.82) is 0 Å². The first-order valence-corrected chi connectivity index (χ1v) is 28.0. The number of rotatable bonds is 19. The van der Waals surface area contributed by atoms with Gasteiger partial charge in [-0.3, -0.25) is 9.52 Å². The Kier molecular flexibility index (Phi) is 18.1. The lowest BCUT2D eigenvalue weighted by Crippen LogP contribution is -2.45. The number of carbonyl (C=O) groups excluding carboxylic acids is 1. The van der Waals surface area contributed by atoms with Gasteiger partial charge in [-0.15, -0.1) is 11.8 Å². The summed E-state index contributed by atoms with van der Waals surface area (Å²) in [7, 11) is -2.86. The number of hydrogen-bond acceptors (Lipinski definition) is 10. The molecule has 1 aliphatic heterocycles. The van der Waals surface area contributed by atoms with Crippen molar-refractivity contribution in [2.24, 2.45) is 7.05 Å². The third-order valence-electron chi connectivity index (χ3n) is 12.5. The Morgan fingerprint density at radius 3 is 2.18 bits per heavy atom. The molecule has 7 rings (SSSR count). The van der Waals surface area contributed by atoms with Crippen molar-refractivity contribution >= 4 is 60.5 Å². The molecular formula is C54H59ClF3N7O5S3. The van der Waals surface area contributed by atoms with Crippen LogP contribution >= 0.6 is 23.4 Å². The molecule has 73 heavy (non-hydrogen) atoms. The van der Waals surface area contributed by atoms with Crippen molar-refractivity contribution in [3.05, 3.63) is 149 Å². The molecule has 1 atom stereocenters.